The summed E-state index contributed by atoms with van der Waals surface area (Å²) in [6, 6.07) is 1.44. The standard InChI is InChI=1S/C11H13BrN2O4/c1-6-8(12)5-7(10(17)13-6)11(18)14(2)4-3-9(15)16/h5H,3-4H2,1-2H3,(H,13,17)(H,15,16). The van der Waals surface area contributed by atoms with Gasteiger partial charge >= 0.3 is 5.97 Å². The molecule has 1 amide bonds. The van der Waals surface area contributed by atoms with Crippen LogP contribution in [0.25, 0.3) is 0 Å². The smallest absolute Gasteiger partial charge is 0.305 e. The van der Waals surface area contributed by atoms with Crippen molar-refractivity contribution in [1.29, 1.82) is 0 Å². The number of nitrogens with zero attached hydrogens (tertiary/aromatic N) is 1. The molecule has 0 saturated heterocycles. The van der Waals surface area contributed by atoms with E-state index in [0.29, 0.717) is 10.2 Å². The first-order valence-corrected chi connectivity index (χ1v) is 5.99. The molecule has 1 heterocycles. The number of nitrogens with one attached hydrogen (secondary N) is 1. The summed E-state index contributed by atoms with van der Waals surface area (Å²) in [4.78, 5) is 37.7. The van der Waals surface area contributed by atoms with Gasteiger partial charge in [0.2, 0.25) is 0 Å². The van der Waals surface area contributed by atoms with E-state index < -0.39 is 17.4 Å². The van der Waals surface area contributed by atoms with E-state index in [1.54, 1.807) is 6.92 Å². The topological polar surface area (TPSA) is 90.5 Å². The Kier molecular flexibility index (Phi) is 4.66. The van der Waals surface area contributed by atoms with E-state index in [9.17, 15) is 14.4 Å². The molecule has 0 saturated carbocycles. The number of H-pyrrole nitrogens is 1. The van der Waals surface area contributed by atoms with Crippen molar-refractivity contribution in [2.45, 2.75) is 13.3 Å². The maximum Gasteiger partial charge on any atom is 0.305 e. The second kappa shape index (κ2) is 5.81. The number of aryl methyl sites for hydroxylation is 1. The van der Waals surface area contributed by atoms with Gasteiger partial charge in [-0.15, -0.1) is 0 Å². The van der Waals surface area contributed by atoms with Gasteiger partial charge < -0.3 is 15.0 Å². The molecule has 0 fully saturated rings. The summed E-state index contributed by atoms with van der Waals surface area (Å²) in [7, 11) is 1.46. The summed E-state index contributed by atoms with van der Waals surface area (Å²) >= 11 is 3.22. The number of aromatic amines is 1. The van der Waals surface area contributed by atoms with Crippen LogP contribution < -0.4 is 5.56 Å². The number of amides is 1. The zero-order valence-electron chi connectivity index (χ0n) is 9.99. The van der Waals surface area contributed by atoms with E-state index in [1.165, 1.54) is 18.0 Å². The lowest BCUT2D eigenvalue weighted by molar-refractivity contribution is -0.137. The Hall–Kier alpha value is -1.63. The van der Waals surface area contributed by atoms with Crippen LogP contribution >= 0.6 is 15.9 Å². The minimum Gasteiger partial charge on any atom is -0.481 e. The number of carboxylic acids is 1. The number of pyridine rings is 1. The average molecular weight is 317 g/mol. The van der Waals surface area contributed by atoms with E-state index in [2.05, 4.69) is 20.9 Å². The molecule has 0 aliphatic rings. The van der Waals surface area contributed by atoms with Gasteiger partial charge in [-0.05, 0) is 28.9 Å². The van der Waals surface area contributed by atoms with E-state index in [1.807, 2.05) is 0 Å². The fraction of sp³-hybridized carbons (Fsp3) is 0.364. The van der Waals surface area contributed by atoms with Gasteiger partial charge in [0.1, 0.15) is 5.56 Å². The number of aliphatic carboxylic acids is 1. The van der Waals surface area contributed by atoms with E-state index in [-0.39, 0.29) is 18.5 Å². The Morgan fingerprint density at radius 2 is 2.11 bits per heavy atom. The predicted molar refractivity (Wildman–Crippen MR) is 68.7 cm³/mol. The highest BCUT2D eigenvalue weighted by molar-refractivity contribution is 9.10. The summed E-state index contributed by atoms with van der Waals surface area (Å²) in [5.41, 5.74) is 0.132. The molecule has 1 aromatic heterocycles. The molecule has 0 radical (unpaired) electrons. The Morgan fingerprint density at radius 1 is 1.50 bits per heavy atom. The van der Waals surface area contributed by atoms with Crippen molar-refractivity contribution in [2.75, 3.05) is 13.6 Å². The lowest BCUT2D eigenvalue weighted by atomic mass is 10.2. The van der Waals surface area contributed by atoms with Crippen LogP contribution in [-0.4, -0.2) is 40.5 Å². The summed E-state index contributed by atoms with van der Waals surface area (Å²) in [5.74, 6) is -1.49. The largest absolute Gasteiger partial charge is 0.481 e. The molecule has 0 atom stereocenters. The van der Waals surface area contributed by atoms with Crippen LogP contribution in [0.1, 0.15) is 22.5 Å². The average Bonchev–Trinajstić information content (AvgIpc) is 2.29. The van der Waals surface area contributed by atoms with Gasteiger partial charge in [0.15, 0.2) is 0 Å². The molecule has 1 rings (SSSR count). The SMILES string of the molecule is Cc1[nH]c(=O)c(C(=O)N(C)CCC(=O)O)cc1Br. The maximum atomic E-state index is 11.9. The second-order valence-electron chi connectivity index (χ2n) is 3.86. The molecule has 2 N–H and O–H groups in total. The van der Waals surface area contributed by atoms with Crippen LogP contribution in [0.4, 0.5) is 0 Å². The molecule has 0 spiro atoms. The Morgan fingerprint density at radius 3 is 2.67 bits per heavy atom. The monoisotopic (exact) mass is 316 g/mol. The van der Waals surface area contributed by atoms with Gasteiger partial charge in [-0.2, -0.15) is 0 Å². The zero-order valence-corrected chi connectivity index (χ0v) is 11.6. The Balaban J connectivity index is 2.93. The lowest BCUT2D eigenvalue weighted by Gasteiger charge is -2.15. The maximum absolute atomic E-state index is 11.9. The molecule has 0 aliphatic heterocycles. The van der Waals surface area contributed by atoms with Crippen LogP contribution in [0.3, 0.4) is 0 Å². The predicted octanol–water partition coefficient (Wildman–Crippen LogP) is 0.993. The Labute approximate surface area is 112 Å². The fourth-order valence-corrected chi connectivity index (χ4v) is 1.66. The number of carboxylic acid groups (broad SMARTS) is 1. The van der Waals surface area contributed by atoms with Gasteiger partial charge in [-0.25, -0.2) is 0 Å². The first kappa shape index (κ1) is 14.4. The second-order valence-corrected chi connectivity index (χ2v) is 4.71. The summed E-state index contributed by atoms with van der Waals surface area (Å²) in [5, 5.41) is 8.54. The Bertz CT molecular complexity index is 538. The van der Waals surface area contributed by atoms with Crippen molar-refractivity contribution in [1.82, 2.24) is 9.88 Å². The number of hydrogen-bond acceptors (Lipinski definition) is 3. The normalized spacial score (nSPS) is 10.2. The van der Waals surface area contributed by atoms with Crippen LogP contribution in [0, 0.1) is 6.92 Å². The van der Waals surface area contributed by atoms with Gasteiger partial charge in [-0.1, -0.05) is 0 Å². The number of rotatable bonds is 4. The third-order valence-corrected chi connectivity index (χ3v) is 3.24. The highest BCUT2D eigenvalue weighted by Gasteiger charge is 2.17. The molecule has 18 heavy (non-hydrogen) atoms. The van der Waals surface area contributed by atoms with Crippen molar-refractivity contribution in [3.8, 4) is 0 Å². The van der Waals surface area contributed by atoms with Crippen LogP contribution in [0.2, 0.25) is 0 Å². The molecule has 0 unspecified atom stereocenters. The van der Waals surface area contributed by atoms with Gasteiger partial charge in [0.25, 0.3) is 11.5 Å². The van der Waals surface area contributed by atoms with Crippen LogP contribution in [-0.2, 0) is 4.79 Å². The van der Waals surface area contributed by atoms with Crippen LogP contribution in [0.5, 0.6) is 0 Å². The van der Waals surface area contributed by atoms with Crippen LogP contribution in [0.15, 0.2) is 15.3 Å². The molecule has 6 nitrogen and oxygen atoms in total. The molecular weight excluding hydrogens is 304 g/mol. The lowest BCUT2D eigenvalue weighted by Crippen LogP contribution is -2.33. The van der Waals surface area contributed by atoms with Crippen molar-refractivity contribution in [3.05, 3.63) is 32.2 Å². The van der Waals surface area contributed by atoms with Crippen molar-refractivity contribution >= 4 is 27.8 Å². The minimum absolute atomic E-state index is 0.0136. The summed E-state index contributed by atoms with van der Waals surface area (Å²) < 4.78 is 0.622. The first-order chi connectivity index (χ1) is 8.32. The molecule has 0 aromatic carbocycles. The molecule has 0 bridgehead atoms. The summed E-state index contributed by atoms with van der Waals surface area (Å²) in [6.07, 6.45) is -0.160. The third-order valence-electron chi connectivity index (χ3n) is 2.41. The molecule has 0 aliphatic carbocycles. The van der Waals surface area contributed by atoms with E-state index in [0.717, 1.165) is 0 Å². The number of hydrogen-bond donors (Lipinski definition) is 2. The zero-order chi connectivity index (χ0) is 13.9. The van der Waals surface area contributed by atoms with Crippen molar-refractivity contribution < 1.29 is 14.7 Å². The molecular formula is C11H13BrN2O4. The molecule has 7 heteroatoms. The molecule has 98 valence electrons. The highest BCUT2D eigenvalue weighted by Crippen LogP contribution is 2.13. The third kappa shape index (κ3) is 3.43. The minimum atomic E-state index is -0.992. The van der Waals surface area contributed by atoms with Gasteiger partial charge in [0, 0.05) is 23.8 Å². The first-order valence-electron chi connectivity index (χ1n) is 5.19. The molecule has 1 aromatic rings. The number of halogens is 1. The van der Waals surface area contributed by atoms with Gasteiger partial charge in [0.05, 0.1) is 6.42 Å². The van der Waals surface area contributed by atoms with Crippen molar-refractivity contribution in [2.24, 2.45) is 0 Å². The quantitative estimate of drug-likeness (QED) is 0.866. The number of aromatic nitrogens is 1. The van der Waals surface area contributed by atoms with Crippen molar-refractivity contribution in [3.63, 3.8) is 0 Å². The summed E-state index contributed by atoms with van der Waals surface area (Å²) in [6.45, 7) is 1.76. The number of carbonyl (C=O) groups is 2. The highest BCUT2D eigenvalue weighted by atomic mass is 79.9. The fourth-order valence-electron chi connectivity index (χ4n) is 1.33. The van der Waals surface area contributed by atoms with E-state index >= 15 is 0 Å². The number of carbonyl (C=O) groups excluding carboxylic acids is 1. The van der Waals surface area contributed by atoms with E-state index in [4.69, 9.17) is 5.11 Å². The van der Waals surface area contributed by atoms with Gasteiger partial charge in [-0.3, -0.25) is 14.4 Å².